The van der Waals surface area contributed by atoms with Crippen molar-refractivity contribution in [2.45, 2.75) is 32.4 Å². The lowest BCUT2D eigenvalue weighted by Gasteiger charge is -2.15. The van der Waals surface area contributed by atoms with E-state index in [0.717, 1.165) is 11.1 Å². The lowest BCUT2D eigenvalue weighted by atomic mass is 10.1. The van der Waals surface area contributed by atoms with Crippen LogP contribution in [0, 0.1) is 0 Å². The Balaban J connectivity index is 2.55. The standard InChI is InChI=1S/C10H18N4O3/c1-3-8(4-5-15)12-9(16)6-14-10(17)13(2)7-11-14/h7-8,15H,3-6H2,1-2H3,(H,12,16). The van der Waals surface area contributed by atoms with Crippen LogP contribution in [0.15, 0.2) is 11.1 Å². The number of nitrogens with one attached hydrogen (secondary N) is 1. The number of aliphatic hydroxyl groups is 1. The van der Waals surface area contributed by atoms with Crippen molar-refractivity contribution in [3.05, 3.63) is 16.8 Å². The second kappa shape index (κ2) is 6.19. The van der Waals surface area contributed by atoms with Crippen LogP contribution in [0.4, 0.5) is 0 Å². The third-order valence-corrected chi connectivity index (χ3v) is 2.52. The SMILES string of the molecule is CCC(CCO)NC(=O)Cn1ncn(C)c1=O. The Kier molecular flexibility index (Phi) is 4.89. The Morgan fingerprint density at radius 3 is 2.82 bits per heavy atom. The number of amides is 1. The van der Waals surface area contributed by atoms with Crippen LogP contribution in [0.2, 0.25) is 0 Å². The van der Waals surface area contributed by atoms with Crippen LogP contribution in [0.1, 0.15) is 19.8 Å². The molecule has 0 spiro atoms. The molecule has 1 atom stereocenters. The van der Waals surface area contributed by atoms with Crippen LogP contribution in [0.5, 0.6) is 0 Å². The van der Waals surface area contributed by atoms with Gasteiger partial charge in [-0.1, -0.05) is 6.92 Å². The van der Waals surface area contributed by atoms with Crippen molar-refractivity contribution in [3.63, 3.8) is 0 Å². The highest BCUT2D eigenvalue weighted by atomic mass is 16.3. The first-order valence-corrected chi connectivity index (χ1v) is 5.57. The summed E-state index contributed by atoms with van der Waals surface area (Å²) in [5.74, 6) is -0.272. The largest absolute Gasteiger partial charge is 0.396 e. The fraction of sp³-hybridized carbons (Fsp3) is 0.700. The second-order valence-electron chi connectivity index (χ2n) is 3.87. The molecule has 1 aromatic rings. The van der Waals surface area contributed by atoms with Crippen molar-refractivity contribution in [1.82, 2.24) is 19.7 Å². The number of aryl methyl sites for hydroxylation is 1. The molecule has 0 saturated heterocycles. The topological polar surface area (TPSA) is 89.2 Å². The van der Waals surface area contributed by atoms with E-state index in [9.17, 15) is 9.59 Å². The number of nitrogens with zero attached hydrogens (tertiary/aromatic N) is 3. The highest BCUT2D eigenvalue weighted by molar-refractivity contribution is 5.75. The smallest absolute Gasteiger partial charge is 0.345 e. The van der Waals surface area contributed by atoms with Crippen LogP contribution < -0.4 is 11.0 Å². The maximum absolute atomic E-state index is 11.6. The first-order valence-electron chi connectivity index (χ1n) is 5.57. The number of carbonyl (C=O) groups is 1. The molecule has 7 nitrogen and oxygen atoms in total. The monoisotopic (exact) mass is 242 g/mol. The molecule has 1 aromatic heterocycles. The molecular formula is C10H18N4O3. The van der Waals surface area contributed by atoms with E-state index in [4.69, 9.17) is 5.11 Å². The van der Waals surface area contributed by atoms with E-state index in [1.807, 2.05) is 6.92 Å². The summed E-state index contributed by atoms with van der Waals surface area (Å²) >= 11 is 0. The van der Waals surface area contributed by atoms with E-state index in [1.54, 1.807) is 7.05 Å². The van der Waals surface area contributed by atoms with Gasteiger partial charge >= 0.3 is 5.69 Å². The van der Waals surface area contributed by atoms with E-state index in [-0.39, 0.29) is 30.8 Å². The summed E-state index contributed by atoms with van der Waals surface area (Å²) in [6.45, 7) is 1.86. The van der Waals surface area contributed by atoms with Crippen LogP contribution >= 0.6 is 0 Å². The van der Waals surface area contributed by atoms with Gasteiger partial charge in [0.1, 0.15) is 12.9 Å². The van der Waals surface area contributed by atoms with Crippen molar-refractivity contribution in [1.29, 1.82) is 0 Å². The quantitative estimate of drug-likeness (QED) is 0.660. The van der Waals surface area contributed by atoms with Crippen molar-refractivity contribution >= 4 is 5.91 Å². The molecule has 2 N–H and O–H groups in total. The number of aromatic nitrogens is 3. The molecule has 0 aliphatic carbocycles. The molecule has 17 heavy (non-hydrogen) atoms. The van der Waals surface area contributed by atoms with Crippen molar-refractivity contribution in [2.75, 3.05) is 6.61 Å². The average molecular weight is 242 g/mol. The highest BCUT2D eigenvalue weighted by Crippen LogP contribution is 1.96. The van der Waals surface area contributed by atoms with E-state index in [2.05, 4.69) is 10.4 Å². The minimum atomic E-state index is -0.324. The first kappa shape index (κ1) is 13.4. The Labute approximate surface area is 99.1 Å². The first-order chi connectivity index (χ1) is 8.08. The molecule has 1 heterocycles. The fourth-order valence-electron chi connectivity index (χ4n) is 1.47. The number of carbonyl (C=O) groups excluding carboxylic acids is 1. The highest BCUT2D eigenvalue weighted by Gasteiger charge is 2.12. The van der Waals surface area contributed by atoms with Crippen molar-refractivity contribution in [2.24, 2.45) is 7.05 Å². The van der Waals surface area contributed by atoms with Gasteiger partial charge in [-0.15, -0.1) is 0 Å². The van der Waals surface area contributed by atoms with Crippen LogP contribution in [0.25, 0.3) is 0 Å². The summed E-state index contributed by atoms with van der Waals surface area (Å²) in [6.07, 6.45) is 2.61. The fourth-order valence-corrected chi connectivity index (χ4v) is 1.47. The summed E-state index contributed by atoms with van der Waals surface area (Å²) in [7, 11) is 1.57. The molecule has 0 fully saturated rings. The van der Waals surface area contributed by atoms with Gasteiger partial charge in [0.15, 0.2) is 0 Å². The third-order valence-electron chi connectivity index (χ3n) is 2.52. The van der Waals surface area contributed by atoms with Crippen molar-refractivity contribution < 1.29 is 9.90 Å². The van der Waals surface area contributed by atoms with Gasteiger partial charge in [-0.05, 0) is 12.8 Å². The zero-order chi connectivity index (χ0) is 12.8. The predicted molar refractivity (Wildman–Crippen MR) is 61.4 cm³/mol. The molecule has 96 valence electrons. The van der Waals surface area contributed by atoms with E-state index >= 15 is 0 Å². The molecule has 0 aliphatic rings. The maximum Gasteiger partial charge on any atom is 0.345 e. The lowest BCUT2D eigenvalue weighted by molar-refractivity contribution is -0.122. The zero-order valence-electron chi connectivity index (χ0n) is 10.1. The Morgan fingerprint density at radius 1 is 1.65 bits per heavy atom. The van der Waals surface area contributed by atoms with Gasteiger partial charge < -0.3 is 10.4 Å². The summed E-state index contributed by atoms with van der Waals surface area (Å²) in [4.78, 5) is 23.0. The summed E-state index contributed by atoms with van der Waals surface area (Å²) < 4.78 is 2.40. The molecule has 1 unspecified atom stereocenters. The second-order valence-corrected chi connectivity index (χ2v) is 3.87. The maximum atomic E-state index is 11.6. The van der Waals surface area contributed by atoms with Crippen LogP contribution in [0.3, 0.4) is 0 Å². The van der Waals surface area contributed by atoms with E-state index in [1.165, 1.54) is 10.9 Å². The van der Waals surface area contributed by atoms with Gasteiger partial charge in [-0.2, -0.15) is 5.10 Å². The van der Waals surface area contributed by atoms with Gasteiger partial charge in [-0.25, -0.2) is 9.48 Å². The Bertz CT molecular complexity index is 423. The molecule has 0 saturated carbocycles. The molecule has 7 heteroatoms. The van der Waals surface area contributed by atoms with E-state index < -0.39 is 0 Å². The number of aliphatic hydroxyl groups excluding tert-OH is 1. The minimum Gasteiger partial charge on any atom is -0.396 e. The van der Waals surface area contributed by atoms with E-state index in [0.29, 0.717) is 6.42 Å². The molecule has 0 aliphatic heterocycles. The lowest BCUT2D eigenvalue weighted by Crippen LogP contribution is -2.39. The molecule has 0 aromatic carbocycles. The van der Waals surface area contributed by atoms with Gasteiger partial charge in [0.05, 0.1) is 0 Å². The summed E-state index contributed by atoms with van der Waals surface area (Å²) in [6, 6.07) is -0.0630. The average Bonchev–Trinajstić information content (AvgIpc) is 2.60. The normalized spacial score (nSPS) is 12.4. The minimum absolute atomic E-state index is 0.0301. The van der Waals surface area contributed by atoms with Gasteiger partial charge in [0, 0.05) is 19.7 Å². The van der Waals surface area contributed by atoms with Crippen LogP contribution in [-0.4, -0.2) is 38.0 Å². The Hall–Kier alpha value is -1.63. The Morgan fingerprint density at radius 2 is 2.35 bits per heavy atom. The molecule has 1 amide bonds. The predicted octanol–water partition coefficient (Wildman–Crippen LogP) is -1.14. The molecule has 0 radical (unpaired) electrons. The summed E-state index contributed by atoms with van der Waals surface area (Å²) in [5.41, 5.74) is -0.324. The van der Waals surface area contributed by atoms with Crippen LogP contribution in [-0.2, 0) is 18.4 Å². The number of hydrogen-bond donors (Lipinski definition) is 2. The molecular weight excluding hydrogens is 224 g/mol. The number of rotatable bonds is 6. The molecule has 0 bridgehead atoms. The van der Waals surface area contributed by atoms with Gasteiger partial charge in [0.25, 0.3) is 0 Å². The third kappa shape index (κ3) is 3.70. The molecule has 1 rings (SSSR count). The van der Waals surface area contributed by atoms with Gasteiger partial charge in [0.2, 0.25) is 5.91 Å². The van der Waals surface area contributed by atoms with Gasteiger partial charge in [-0.3, -0.25) is 9.36 Å². The number of hydrogen-bond acceptors (Lipinski definition) is 4. The van der Waals surface area contributed by atoms with Crippen molar-refractivity contribution in [3.8, 4) is 0 Å². The zero-order valence-corrected chi connectivity index (χ0v) is 10.1. The summed E-state index contributed by atoms with van der Waals surface area (Å²) in [5, 5.41) is 15.3.